The molecular formula is C17H23NO4. The molecule has 120 valence electrons. The third-order valence-corrected chi connectivity index (χ3v) is 3.28. The quantitative estimate of drug-likeness (QED) is 0.408. The first kappa shape index (κ1) is 17.9. The van der Waals surface area contributed by atoms with Crippen molar-refractivity contribution in [3.63, 3.8) is 0 Å². The highest BCUT2D eigenvalue weighted by Gasteiger charge is 2.11. The van der Waals surface area contributed by atoms with E-state index in [1.54, 1.807) is 12.1 Å². The summed E-state index contributed by atoms with van der Waals surface area (Å²) in [5, 5.41) is 0. The fourth-order valence-electron chi connectivity index (χ4n) is 2.02. The number of esters is 1. The van der Waals surface area contributed by atoms with E-state index in [4.69, 9.17) is 5.73 Å². The zero-order chi connectivity index (χ0) is 16.4. The van der Waals surface area contributed by atoms with E-state index in [0.717, 1.165) is 12.8 Å². The Morgan fingerprint density at radius 1 is 1.05 bits per heavy atom. The molecule has 0 aliphatic heterocycles. The summed E-state index contributed by atoms with van der Waals surface area (Å²) in [4.78, 5) is 33.7. The molecule has 22 heavy (non-hydrogen) atoms. The van der Waals surface area contributed by atoms with Crippen LogP contribution < -0.4 is 5.73 Å². The highest BCUT2D eigenvalue weighted by atomic mass is 16.5. The van der Waals surface area contributed by atoms with Crippen LogP contribution in [-0.4, -0.2) is 24.3 Å². The molecule has 0 saturated heterocycles. The Bertz CT molecular complexity index is 508. The van der Waals surface area contributed by atoms with E-state index in [1.807, 2.05) is 12.1 Å². The molecule has 1 amide bonds. The average Bonchev–Trinajstić information content (AvgIpc) is 2.51. The van der Waals surface area contributed by atoms with Gasteiger partial charge in [-0.05, 0) is 18.4 Å². The summed E-state index contributed by atoms with van der Waals surface area (Å²) >= 11 is 0. The van der Waals surface area contributed by atoms with Gasteiger partial charge >= 0.3 is 5.97 Å². The van der Waals surface area contributed by atoms with Gasteiger partial charge in [0.25, 0.3) is 5.91 Å². The second-order valence-corrected chi connectivity index (χ2v) is 5.20. The van der Waals surface area contributed by atoms with Crippen molar-refractivity contribution in [3.05, 3.63) is 35.4 Å². The average molecular weight is 305 g/mol. The molecule has 0 unspecified atom stereocenters. The van der Waals surface area contributed by atoms with E-state index in [1.165, 1.54) is 18.4 Å². The number of aryl methyl sites for hydroxylation is 1. The van der Waals surface area contributed by atoms with Gasteiger partial charge in [0.15, 0.2) is 12.4 Å². The zero-order valence-corrected chi connectivity index (χ0v) is 13.0. The standard InChI is InChI=1S/C17H23NO4/c1-2-3-4-5-13-6-8-14(9-7-13)15(19)10-11-17(21)22-12-16(18)20/h6-9H,2-5,10-12H2,1H3,(H2,18,20). The molecule has 5 heteroatoms. The maximum atomic E-state index is 12.0. The number of rotatable bonds is 10. The maximum absolute atomic E-state index is 12.0. The Morgan fingerprint density at radius 2 is 1.73 bits per heavy atom. The van der Waals surface area contributed by atoms with Gasteiger partial charge in [0.2, 0.25) is 0 Å². The van der Waals surface area contributed by atoms with Crippen molar-refractivity contribution >= 4 is 17.7 Å². The highest BCUT2D eigenvalue weighted by Crippen LogP contribution is 2.11. The Morgan fingerprint density at radius 3 is 2.32 bits per heavy atom. The van der Waals surface area contributed by atoms with Crippen LogP contribution in [0.2, 0.25) is 0 Å². The second-order valence-electron chi connectivity index (χ2n) is 5.20. The van der Waals surface area contributed by atoms with E-state index in [9.17, 15) is 14.4 Å². The lowest BCUT2D eigenvalue weighted by Gasteiger charge is -2.04. The number of carbonyl (C=O) groups is 3. The number of unbranched alkanes of at least 4 members (excludes halogenated alkanes) is 2. The van der Waals surface area contributed by atoms with Crippen molar-refractivity contribution in [2.45, 2.75) is 45.4 Å². The minimum Gasteiger partial charge on any atom is -0.456 e. The number of primary amides is 1. The van der Waals surface area contributed by atoms with Crippen molar-refractivity contribution in [1.29, 1.82) is 0 Å². The molecule has 0 spiro atoms. The van der Waals surface area contributed by atoms with Crippen LogP contribution in [0.5, 0.6) is 0 Å². The molecule has 0 radical (unpaired) electrons. The smallest absolute Gasteiger partial charge is 0.306 e. The maximum Gasteiger partial charge on any atom is 0.306 e. The largest absolute Gasteiger partial charge is 0.456 e. The number of hydrogen-bond acceptors (Lipinski definition) is 4. The summed E-state index contributed by atoms with van der Waals surface area (Å²) in [6.07, 6.45) is 4.56. The van der Waals surface area contributed by atoms with E-state index >= 15 is 0 Å². The number of amides is 1. The van der Waals surface area contributed by atoms with Crippen LogP contribution in [0, 0.1) is 0 Å². The van der Waals surface area contributed by atoms with E-state index in [2.05, 4.69) is 11.7 Å². The van der Waals surface area contributed by atoms with Crippen LogP contribution in [0.4, 0.5) is 0 Å². The van der Waals surface area contributed by atoms with E-state index in [-0.39, 0.29) is 18.6 Å². The number of benzene rings is 1. The van der Waals surface area contributed by atoms with E-state index in [0.29, 0.717) is 5.56 Å². The minimum absolute atomic E-state index is 0.0512. The molecule has 0 aliphatic carbocycles. The van der Waals surface area contributed by atoms with Crippen molar-refractivity contribution in [3.8, 4) is 0 Å². The van der Waals surface area contributed by atoms with Gasteiger partial charge in [-0.3, -0.25) is 14.4 Å². The molecule has 0 saturated carbocycles. The Balaban J connectivity index is 2.39. The Kier molecular flexibility index (Phi) is 7.89. The molecule has 1 aromatic carbocycles. The van der Waals surface area contributed by atoms with Crippen LogP contribution in [-0.2, 0) is 20.7 Å². The molecule has 0 aliphatic rings. The SMILES string of the molecule is CCCCCc1ccc(C(=O)CCC(=O)OCC(N)=O)cc1. The van der Waals surface area contributed by atoms with Crippen molar-refractivity contribution < 1.29 is 19.1 Å². The molecule has 0 aromatic heterocycles. The number of hydrogen-bond donors (Lipinski definition) is 1. The Hall–Kier alpha value is -2.17. The fraction of sp³-hybridized carbons (Fsp3) is 0.471. The van der Waals surface area contributed by atoms with Gasteiger partial charge in [-0.1, -0.05) is 44.0 Å². The molecule has 2 N–H and O–H groups in total. The topological polar surface area (TPSA) is 86.5 Å². The monoisotopic (exact) mass is 305 g/mol. The lowest BCUT2D eigenvalue weighted by molar-refractivity contribution is -0.147. The van der Waals surface area contributed by atoms with Crippen LogP contribution in [0.25, 0.3) is 0 Å². The van der Waals surface area contributed by atoms with Gasteiger partial charge in [0, 0.05) is 12.0 Å². The molecule has 1 rings (SSSR count). The minimum atomic E-state index is -0.710. The van der Waals surface area contributed by atoms with Crippen LogP contribution in [0.15, 0.2) is 24.3 Å². The first-order valence-electron chi connectivity index (χ1n) is 7.59. The third-order valence-electron chi connectivity index (χ3n) is 3.28. The molecule has 5 nitrogen and oxygen atoms in total. The van der Waals surface area contributed by atoms with E-state index < -0.39 is 18.5 Å². The summed E-state index contributed by atoms with van der Waals surface area (Å²) in [7, 11) is 0. The van der Waals surface area contributed by atoms with Gasteiger partial charge in [0.05, 0.1) is 6.42 Å². The summed E-state index contributed by atoms with van der Waals surface area (Å²) in [6, 6.07) is 7.49. The predicted octanol–water partition coefficient (Wildman–Crippen LogP) is 2.41. The number of nitrogens with two attached hydrogens (primary N) is 1. The lowest BCUT2D eigenvalue weighted by atomic mass is 10.0. The predicted molar refractivity (Wildman–Crippen MR) is 83.4 cm³/mol. The van der Waals surface area contributed by atoms with Gasteiger partial charge in [-0.15, -0.1) is 0 Å². The van der Waals surface area contributed by atoms with Gasteiger partial charge in [-0.2, -0.15) is 0 Å². The Labute approximate surface area is 130 Å². The van der Waals surface area contributed by atoms with Crippen molar-refractivity contribution in [1.82, 2.24) is 0 Å². The number of carbonyl (C=O) groups excluding carboxylic acids is 3. The molecule has 1 aromatic rings. The number of ketones is 1. The van der Waals surface area contributed by atoms with Crippen molar-refractivity contribution in [2.75, 3.05) is 6.61 Å². The van der Waals surface area contributed by atoms with Crippen LogP contribution in [0.1, 0.15) is 54.9 Å². The van der Waals surface area contributed by atoms with Gasteiger partial charge in [-0.25, -0.2) is 0 Å². The summed E-state index contributed by atoms with van der Waals surface area (Å²) in [5.74, 6) is -1.42. The van der Waals surface area contributed by atoms with Gasteiger partial charge in [0.1, 0.15) is 0 Å². The molecule has 0 heterocycles. The van der Waals surface area contributed by atoms with Crippen LogP contribution >= 0.6 is 0 Å². The molecule has 0 fully saturated rings. The summed E-state index contributed by atoms with van der Waals surface area (Å²) in [6.45, 7) is 1.72. The van der Waals surface area contributed by atoms with Crippen molar-refractivity contribution in [2.24, 2.45) is 5.73 Å². The van der Waals surface area contributed by atoms with Gasteiger partial charge < -0.3 is 10.5 Å². The first-order valence-corrected chi connectivity index (χ1v) is 7.59. The highest BCUT2D eigenvalue weighted by molar-refractivity contribution is 5.97. The normalized spacial score (nSPS) is 10.2. The number of ether oxygens (including phenoxy) is 1. The zero-order valence-electron chi connectivity index (χ0n) is 13.0. The molecule has 0 bridgehead atoms. The number of Topliss-reactive ketones (excluding diaryl/α,β-unsaturated/α-hetero) is 1. The summed E-state index contributed by atoms with van der Waals surface area (Å²) < 4.78 is 4.60. The van der Waals surface area contributed by atoms with Crippen LogP contribution in [0.3, 0.4) is 0 Å². The lowest BCUT2D eigenvalue weighted by Crippen LogP contribution is -2.21. The molecular weight excluding hydrogens is 282 g/mol. The summed E-state index contributed by atoms with van der Waals surface area (Å²) in [5.41, 5.74) is 6.66. The second kappa shape index (κ2) is 9.71. The molecule has 0 atom stereocenters. The first-order chi connectivity index (χ1) is 10.5. The third kappa shape index (κ3) is 7.02. The fourth-order valence-corrected chi connectivity index (χ4v) is 2.02.